The average molecular weight is 338 g/mol. The summed E-state index contributed by atoms with van der Waals surface area (Å²) < 4.78 is 26.8. The highest BCUT2D eigenvalue weighted by Crippen LogP contribution is 2.21. The Morgan fingerprint density at radius 3 is 2.83 bits per heavy atom. The van der Waals surface area contributed by atoms with E-state index < -0.39 is 10.0 Å². The van der Waals surface area contributed by atoms with Crippen LogP contribution in [0.4, 0.5) is 5.95 Å². The first-order valence-corrected chi connectivity index (χ1v) is 8.31. The number of nitrogens with zero attached hydrogens (tertiary/aromatic N) is 4. The number of piperidine rings is 1. The molecule has 2 heterocycles. The number of rotatable bonds is 3. The van der Waals surface area contributed by atoms with E-state index in [0.717, 1.165) is 12.8 Å². The normalized spacial score (nSPS) is 22.2. The summed E-state index contributed by atoms with van der Waals surface area (Å²) in [6.45, 7) is 1.76. The van der Waals surface area contributed by atoms with E-state index in [9.17, 15) is 8.42 Å². The highest BCUT2D eigenvalue weighted by Gasteiger charge is 2.26. The topological polar surface area (TPSA) is 94.1 Å². The number of halogens is 1. The summed E-state index contributed by atoms with van der Waals surface area (Å²) in [6, 6.07) is 0. The van der Waals surface area contributed by atoms with Gasteiger partial charge in [-0.2, -0.15) is 4.98 Å². The lowest BCUT2D eigenvalue weighted by Crippen LogP contribution is -2.40. The number of sulfonamides is 1. The fourth-order valence-electron chi connectivity index (χ4n) is 2.18. The molecule has 1 saturated heterocycles. The van der Waals surface area contributed by atoms with Crippen molar-refractivity contribution in [1.82, 2.24) is 19.1 Å². The van der Waals surface area contributed by atoms with E-state index in [1.807, 2.05) is 0 Å². The molecule has 0 saturated carbocycles. The first-order valence-electron chi connectivity index (χ1n) is 5.67. The maximum absolute atomic E-state index is 11.5. The molecule has 1 aromatic rings. The maximum Gasteiger partial charge on any atom is 0.240 e. The summed E-state index contributed by atoms with van der Waals surface area (Å²) in [7, 11) is -3.10. The van der Waals surface area contributed by atoms with Crippen LogP contribution in [0.25, 0.3) is 0 Å². The molecule has 2 rings (SSSR count). The summed E-state index contributed by atoms with van der Waals surface area (Å²) in [5.74, 6) is 0.462. The Hall–Kier alpha value is -0.670. The molecule has 102 valence electrons. The molecule has 0 spiro atoms. The van der Waals surface area contributed by atoms with Gasteiger partial charge in [0.2, 0.25) is 16.0 Å². The Labute approximate surface area is 115 Å². The third-order valence-electron chi connectivity index (χ3n) is 3.02. The molecule has 2 N–H and O–H groups in total. The van der Waals surface area contributed by atoms with E-state index in [4.69, 9.17) is 5.73 Å². The summed E-state index contributed by atoms with van der Waals surface area (Å²) >= 11 is 3.28. The van der Waals surface area contributed by atoms with Crippen molar-refractivity contribution in [2.24, 2.45) is 5.92 Å². The molecule has 0 aromatic carbocycles. The van der Waals surface area contributed by atoms with Crippen LogP contribution in [0.15, 0.2) is 4.73 Å². The SMILES string of the molecule is CS(=O)(=O)N1CCCC(Cn2nc(N)nc2Br)C1. The average Bonchev–Trinajstić information content (AvgIpc) is 2.56. The van der Waals surface area contributed by atoms with Gasteiger partial charge in [0.1, 0.15) is 0 Å². The maximum atomic E-state index is 11.5. The molecule has 0 aliphatic carbocycles. The molecule has 0 amide bonds. The molecule has 9 heteroatoms. The minimum Gasteiger partial charge on any atom is -0.366 e. The van der Waals surface area contributed by atoms with Crippen LogP contribution in [0.3, 0.4) is 0 Å². The molecule has 7 nitrogen and oxygen atoms in total. The fraction of sp³-hybridized carbons (Fsp3) is 0.778. The Morgan fingerprint density at radius 2 is 2.28 bits per heavy atom. The summed E-state index contributed by atoms with van der Waals surface area (Å²) in [5.41, 5.74) is 5.50. The molecule has 1 unspecified atom stereocenters. The van der Waals surface area contributed by atoms with Gasteiger partial charge in [-0.1, -0.05) is 0 Å². The molecular formula is C9H16BrN5O2S. The lowest BCUT2D eigenvalue weighted by atomic mass is 10.00. The smallest absolute Gasteiger partial charge is 0.240 e. The van der Waals surface area contributed by atoms with E-state index in [-0.39, 0.29) is 11.9 Å². The largest absolute Gasteiger partial charge is 0.366 e. The minimum absolute atomic E-state index is 0.220. The number of nitrogen functional groups attached to an aromatic ring is 1. The summed E-state index contributed by atoms with van der Waals surface area (Å²) in [4.78, 5) is 3.96. The molecule has 0 radical (unpaired) electrons. The first-order chi connectivity index (χ1) is 8.36. The van der Waals surface area contributed by atoms with Gasteiger partial charge in [-0.05, 0) is 34.7 Å². The second kappa shape index (κ2) is 5.14. The van der Waals surface area contributed by atoms with Crippen LogP contribution in [0, 0.1) is 5.92 Å². The van der Waals surface area contributed by atoms with Gasteiger partial charge in [0.05, 0.1) is 6.26 Å². The lowest BCUT2D eigenvalue weighted by Gasteiger charge is -2.30. The zero-order valence-electron chi connectivity index (χ0n) is 10.1. The van der Waals surface area contributed by atoms with E-state index in [0.29, 0.717) is 24.4 Å². The lowest BCUT2D eigenvalue weighted by molar-refractivity contribution is 0.239. The van der Waals surface area contributed by atoms with Crippen LogP contribution < -0.4 is 5.73 Å². The van der Waals surface area contributed by atoms with Crippen LogP contribution in [-0.2, 0) is 16.6 Å². The molecule has 1 fully saturated rings. The van der Waals surface area contributed by atoms with Gasteiger partial charge in [-0.15, -0.1) is 5.10 Å². The Bertz CT molecular complexity index is 529. The van der Waals surface area contributed by atoms with Gasteiger partial charge in [0, 0.05) is 19.6 Å². The third-order valence-corrected chi connectivity index (χ3v) is 4.88. The molecule has 1 aliphatic rings. The van der Waals surface area contributed by atoms with Crippen LogP contribution in [0.1, 0.15) is 12.8 Å². The van der Waals surface area contributed by atoms with Crippen LogP contribution in [-0.4, -0.2) is 46.8 Å². The third kappa shape index (κ3) is 3.21. The van der Waals surface area contributed by atoms with Crippen molar-refractivity contribution in [2.45, 2.75) is 19.4 Å². The molecule has 18 heavy (non-hydrogen) atoms. The van der Waals surface area contributed by atoms with Crippen molar-refractivity contribution in [1.29, 1.82) is 0 Å². The first kappa shape index (κ1) is 13.8. The van der Waals surface area contributed by atoms with Crippen molar-refractivity contribution in [3.63, 3.8) is 0 Å². The number of hydrogen-bond donors (Lipinski definition) is 1. The number of anilines is 1. The van der Waals surface area contributed by atoms with E-state index in [1.165, 1.54) is 10.6 Å². The van der Waals surface area contributed by atoms with E-state index in [2.05, 4.69) is 26.0 Å². The minimum atomic E-state index is -3.10. The predicted octanol–water partition coefficient (Wildman–Crippen LogP) is 0.294. The Morgan fingerprint density at radius 1 is 1.56 bits per heavy atom. The highest BCUT2D eigenvalue weighted by atomic mass is 79.9. The number of nitrogens with two attached hydrogens (primary N) is 1. The standard InChI is InChI=1S/C9H16BrN5O2S/c1-18(16,17)14-4-2-3-7(5-14)6-15-8(10)12-9(11)13-15/h7H,2-6H2,1H3,(H2,11,13). The zero-order chi connectivity index (χ0) is 13.3. The highest BCUT2D eigenvalue weighted by molar-refractivity contribution is 9.10. The molecule has 0 bridgehead atoms. The second-order valence-electron chi connectivity index (χ2n) is 4.55. The van der Waals surface area contributed by atoms with E-state index in [1.54, 1.807) is 4.68 Å². The van der Waals surface area contributed by atoms with Gasteiger partial charge < -0.3 is 5.73 Å². The van der Waals surface area contributed by atoms with Crippen molar-refractivity contribution in [3.8, 4) is 0 Å². The van der Waals surface area contributed by atoms with Gasteiger partial charge in [0.25, 0.3) is 0 Å². The summed E-state index contributed by atoms with van der Waals surface area (Å²) in [5, 5.41) is 4.06. The molecule has 1 atom stereocenters. The number of hydrogen-bond acceptors (Lipinski definition) is 5. The predicted molar refractivity (Wildman–Crippen MR) is 71.3 cm³/mol. The van der Waals surface area contributed by atoms with Crippen LogP contribution in [0.5, 0.6) is 0 Å². The van der Waals surface area contributed by atoms with Gasteiger partial charge in [0.15, 0.2) is 4.73 Å². The Balaban J connectivity index is 2.04. The van der Waals surface area contributed by atoms with Crippen molar-refractivity contribution in [3.05, 3.63) is 4.73 Å². The van der Waals surface area contributed by atoms with Crippen LogP contribution >= 0.6 is 15.9 Å². The molecular weight excluding hydrogens is 322 g/mol. The van der Waals surface area contributed by atoms with Crippen molar-refractivity contribution in [2.75, 3.05) is 25.1 Å². The van der Waals surface area contributed by atoms with E-state index >= 15 is 0 Å². The fourth-order valence-corrected chi connectivity index (χ4v) is 3.53. The number of aromatic nitrogens is 3. The molecule has 1 aromatic heterocycles. The van der Waals surface area contributed by atoms with Gasteiger partial charge in [-0.3, -0.25) is 0 Å². The van der Waals surface area contributed by atoms with Gasteiger partial charge in [-0.25, -0.2) is 17.4 Å². The van der Waals surface area contributed by atoms with Crippen molar-refractivity contribution < 1.29 is 8.42 Å². The monoisotopic (exact) mass is 337 g/mol. The zero-order valence-corrected chi connectivity index (χ0v) is 12.5. The Kier molecular flexibility index (Phi) is 3.93. The summed E-state index contributed by atoms with van der Waals surface area (Å²) in [6.07, 6.45) is 3.11. The van der Waals surface area contributed by atoms with Crippen molar-refractivity contribution >= 4 is 31.9 Å². The second-order valence-corrected chi connectivity index (χ2v) is 7.24. The quantitative estimate of drug-likeness (QED) is 0.855. The molecule has 1 aliphatic heterocycles. The van der Waals surface area contributed by atoms with Crippen LogP contribution in [0.2, 0.25) is 0 Å². The van der Waals surface area contributed by atoms with Gasteiger partial charge >= 0.3 is 0 Å².